The maximum Gasteiger partial charge on any atom is 0.331 e. The van der Waals surface area contributed by atoms with Gasteiger partial charge in [-0.05, 0) is 6.07 Å². The highest BCUT2D eigenvalue weighted by molar-refractivity contribution is 7.89. The third-order valence-electron chi connectivity index (χ3n) is 1.48. The normalized spacial score (nSPS) is 11.5. The molecule has 0 aliphatic heterocycles. The topological polar surface area (TPSA) is 97.6 Å². The first-order chi connectivity index (χ1) is 6.92. The second-order valence-electron chi connectivity index (χ2n) is 2.78. The van der Waals surface area contributed by atoms with E-state index >= 15 is 0 Å². The summed E-state index contributed by atoms with van der Waals surface area (Å²) in [6, 6.07) is 1.37. The Labute approximate surface area is 86.3 Å². The number of aryl methyl sites for hydroxylation is 1. The van der Waals surface area contributed by atoms with Crippen molar-refractivity contribution in [2.75, 3.05) is 6.61 Å². The number of nitrogens with one attached hydrogen (secondary N) is 1. The largest absolute Gasteiger partial charge is 0.479 e. The predicted molar refractivity (Wildman–Crippen MR) is 49.3 cm³/mol. The molecule has 1 rings (SSSR count). The van der Waals surface area contributed by atoms with Crippen molar-refractivity contribution < 1.29 is 23.2 Å². The van der Waals surface area contributed by atoms with Gasteiger partial charge in [0.1, 0.15) is 4.90 Å². The zero-order chi connectivity index (χ0) is 11.5. The second kappa shape index (κ2) is 4.43. The van der Waals surface area contributed by atoms with E-state index in [1.54, 1.807) is 22.7 Å². The van der Waals surface area contributed by atoms with E-state index in [1.807, 2.05) is 0 Å². The number of nitrogens with zero attached hydrogens (tertiary/aromatic N) is 1. The Hall–Kier alpha value is -1.38. The Balaban J connectivity index is 2.64. The second-order valence-corrected chi connectivity index (χ2v) is 4.43. The van der Waals surface area contributed by atoms with Crippen molar-refractivity contribution in [1.29, 1.82) is 0 Å². The molecule has 0 aliphatic rings. The SMILES string of the molecule is Cn1ccc(S(=O)(=O)NOCC(=O)O)c1. The molecule has 1 aromatic rings. The van der Waals surface area contributed by atoms with Gasteiger partial charge in [0, 0.05) is 19.4 Å². The average molecular weight is 234 g/mol. The van der Waals surface area contributed by atoms with Gasteiger partial charge in [0.2, 0.25) is 0 Å². The number of carbonyl (C=O) groups is 1. The number of rotatable bonds is 5. The minimum absolute atomic E-state index is 0.00962. The minimum Gasteiger partial charge on any atom is -0.479 e. The first-order valence-corrected chi connectivity index (χ1v) is 5.37. The Kier molecular flexibility index (Phi) is 3.45. The minimum atomic E-state index is -3.79. The van der Waals surface area contributed by atoms with Gasteiger partial charge in [-0.1, -0.05) is 4.89 Å². The molecule has 0 amide bonds. The van der Waals surface area contributed by atoms with Gasteiger partial charge in [0.25, 0.3) is 10.0 Å². The third kappa shape index (κ3) is 3.35. The summed E-state index contributed by atoms with van der Waals surface area (Å²) in [6.45, 7) is -0.730. The fraction of sp³-hybridized carbons (Fsp3) is 0.286. The summed E-state index contributed by atoms with van der Waals surface area (Å²) >= 11 is 0. The van der Waals surface area contributed by atoms with Gasteiger partial charge in [-0.25, -0.2) is 13.2 Å². The molecule has 2 N–H and O–H groups in total. The van der Waals surface area contributed by atoms with Gasteiger partial charge in [-0.2, -0.15) is 0 Å². The highest BCUT2D eigenvalue weighted by Crippen LogP contribution is 2.07. The van der Waals surface area contributed by atoms with Crippen molar-refractivity contribution in [3.8, 4) is 0 Å². The van der Waals surface area contributed by atoms with Crippen LogP contribution in [-0.2, 0) is 26.7 Å². The van der Waals surface area contributed by atoms with E-state index in [2.05, 4.69) is 4.84 Å². The molecule has 1 heterocycles. The maximum absolute atomic E-state index is 11.4. The number of sulfonamides is 1. The van der Waals surface area contributed by atoms with Crippen LogP contribution in [-0.4, -0.2) is 30.7 Å². The fourth-order valence-corrected chi connectivity index (χ4v) is 1.71. The van der Waals surface area contributed by atoms with Crippen LogP contribution in [0.3, 0.4) is 0 Å². The number of carboxylic acids is 1. The lowest BCUT2D eigenvalue weighted by Gasteiger charge is -2.02. The lowest BCUT2D eigenvalue weighted by molar-refractivity contribution is -0.143. The standard InChI is InChI=1S/C7H10N2O5S/c1-9-3-2-6(4-9)15(12,13)8-14-5-7(10)11/h2-4,8H,5H2,1H3,(H,10,11). The van der Waals surface area contributed by atoms with Crippen molar-refractivity contribution in [3.05, 3.63) is 18.5 Å². The molecule has 7 nitrogen and oxygen atoms in total. The van der Waals surface area contributed by atoms with E-state index in [0.717, 1.165) is 0 Å². The van der Waals surface area contributed by atoms with Crippen LogP contribution in [0.5, 0.6) is 0 Å². The molecule has 0 unspecified atom stereocenters. The van der Waals surface area contributed by atoms with E-state index in [4.69, 9.17) is 5.11 Å². The highest BCUT2D eigenvalue weighted by Gasteiger charge is 2.15. The summed E-state index contributed by atoms with van der Waals surface area (Å²) in [5, 5.41) is 8.22. The van der Waals surface area contributed by atoms with Crippen molar-refractivity contribution >= 4 is 16.0 Å². The molecular formula is C7H10N2O5S. The van der Waals surface area contributed by atoms with Gasteiger partial charge in [0.15, 0.2) is 6.61 Å². The van der Waals surface area contributed by atoms with Crippen molar-refractivity contribution in [1.82, 2.24) is 9.45 Å². The first kappa shape index (κ1) is 11.7. The molecule has 0 spiro atoms. The quantitative estimate of drug-likeness (QED) is 0.658. The number of hydrogen-bond donors (Lipinski definition) is 2. The van der Waals surface area contributed by atoms with E-state index in [0.29, 0.717) is 0 Å². The van der Waals surface area contributed by atoms with Crippen LogP contribution in [0.2, 0.25) is 0 Å². The van der Waals surface area contributed by atoms with Crippen LogP contribution < -0.4 is 4.89 Å². The fourth-order valence-electron chi connectivity index (χ4n) is 0.854. The number of aromatic nitrogens is 1. The van der Waals surface area contributed by atoms with Crippen LogP contribution in [0, 0.1) is 0 Å². The molecule has 0 bridgehead atoms. The molecule has 0 saturated carbocycles. The van der Waals surface area contributed by atoms with Crippen molar-refractivity contribution in [3.63, 3.8) is 0 Å². The van der Waals surface area contributed by atoms with Gasteiger partial charge in [0.05, 0.1) is 0 Å². The summed E-state index contributed by atoms with van der Waals surface area (Å²) < 4.78 is 24.3. The monoisotopic (exact) mass is 234 g/mol. The van der Waals surface area contributed by atoms with Gasteiger partial charge < -0.3 is 9.67 Å². The summed E-state index contributed by atoms with van der Waals surface area (Å²) in [5.41, 5.74) is 0. The van der Waals surface area contributed by atoms with Gasteiger partial charge in [-0.15, -0.1) is 0 Å². The van der Waals surface area contributed by atoms with E-state index in [1.165, 1.54) is 12.3 Å². The molecule has 0 aromatic carbocycles. The molecule has 0 saturated heterocycles. The summed E-state index contributed by atoms with van der Waals surface area (Å²) in [6.07, 6.45) is 2.91. The molecule has 84 valence electrons. The van der Waals surface area contributed by atoms with Crippen LogP contribution in [0.4, 0.5) is 0 Å². The summed E-state index contributed by atoms with van der Waals surface area (Å²) in [5.74, 6) is -1.26. The maximum atomic E-state index is 11.4. The van der Waals surface area contributed by atoms with E-state index in [-0.39, 0.29) is 4.90 Å². The molecular weight excluding hydrogens is 224 g/mol. The van der Waals surface area contributed by atoms with Crippen LogP contribution in [0.1, 0.15) is 0 Å². The molecule has 0 aliphatic carbocycles. The third-order valence-corrected chi connectivity index (χ3v) is 2.68. The zero-order valence-electron chi connectivity index (χ0n) is 7.87. The van der Waals surface area contributed by atoms with Crippen LogP contribution in [0.15, 0.2) is 23.4 Å². The summed E-state index contributed by atoms with van der Waals surface area (Å²) in [7, 11) is -2.13. The number of aliphatic carboxylic acids is 1. The molecule has 0 radical (unpaired) electrons. The number of carboxylic acid groups (broad SMARTS) is 1. The molecule has 0 fully saturated rings. The average Bonchev–Trinajstić information content (AvgIpc) is 2.51. The molecule has 0 atom stereocenters. The molecule has 8 heteroatoms. The molecule has 15 heavy (non-hydrogen) atoms. The van der Waals surface area contributed by atoms with Crippen LogP contribution in [0.25, 0.3) is 0 Å². The van der Waals surface area contributed by atoms with Gasteiger partial charge in [-0.3, -0.25) is 4.84 Å². The lowest BCUT2D eigenvalue weighted by Crippen LogP contribution is -2.26. The van der Waals surface area contributed by atoms with Crippen molar-refractivity contribution in [2.45, 2.75) is 4.90 Å². The van der Waals surface area contributed by atoms with Crippen molar-refractivity contribution in [2.24, 2.45) is 7.05 Å². The molecule has 1 aromatic heterocycles. The van der Waals surface area contributed by atoms with Gasteiger partial charge >= 0.3 is 5.97 Å². The van der Waals surface area contributed by atoms with Crippen LogP contribution >= 0.6 is 0 Å². The summed E-state index contributed by atoms with van der Waals surface area (Å²) in [4.78, 5) is 16.0. The van der Waals surface area contributed by atoms with E-state index < -0.39 is 22.6 Å². The predicted octanol–water partition coefficient (Wildman–Crippen LogP) is -0.680. The Morgan fingerprint density at radius 3 is 2.80 bits per heavy atom. The Morgan fingerprint density at radius 1 is 1.67 bits per heavy atom. The zero-order valence-corrected chi connectivity index (χ0v) is 8.69. The number of hydrogen-bond acceptors (Lipinski definition) is 4. The smallest absolute Gasteiger partial charge is 0.331 e. The van der Waals surface area contributed by atoms with E-state index in [9.17, 15) is 13.2 Å². The highest BCUT2D eigenvalue weighted by atomic mass is 32.2. The first-order valence-electron chi connectivity index (χ1n) is 3.89. The Morgan fingerprint density at radius 2 is 2.33 bits per heavy atom. The lowest BCUT2D eigenvalue weighted by atomic mass is 10.7. The Bertz CT molecular complexity index is 450.